The molecule has 0 aliphatic rings. The van der Waals surface area contributed by atoms with Gasteiger partial charge in [0, 0.05) is 5.56 Å². The molecule has 1 atom stereocenters. The number of hydrogen-bond donors (Lipinski definition) is 1. The number of benzene rings is 1. The third-order valence-electron chi connectivity index (χ3n) is 2.39. The highest BCUT2D eigenvalue weighted by molar-refractivity contribution is 7.80. The SMILES string of the molecule is CCOC(=O)C(C)Oc1cc(C(N)=S)ccc1C. The minimum absolute atomic E-state index is 0.295. The molecule has 0 aliphatic heterocycles. The van der Waals surface area contributed by atoms with Crippen molar-refractivity contribution in [3.05, 3.63) is 29.3 Å². The molecule has 0 saturated heterocycles. The summed E-state index contributed by atoms with van der Waals surface area (Å²) in [6.45, 7) is 5.61. The van der Waals surface area contributed by atoms with Crippen molar-refractivity contribution in [1.29, 1.82) is 0 Å². The van der Waals surface area contributed by atoms with Crippen LogP contribution in [-0.2, 0) is 9.53 Å². The van der Waals surface area contributed by atoms with Crippen molar-refractivity contribution in [3.8, 4) is 5.75 Å². The molecule has 4 nitrogen and oxygen atoms in total. The second-order valence-corrected chi connectivity index (χ2v) is 4.30. The molecule has 1 rings (SSSR count). The Balaban J connectivity index is 2.86. The van der Waals surface area contributed by atoms with Crippen LogP contribution >= 0.6 is 12.2 Å². The van der Waals surface area contributed by atoms with Crippen LogP contribution in [0.5, 0.6) is 5.75 Å². The van der Waals surface area contributed by atoms with Crippen LogP contribution in [0.3, 0.4) is 0 Å². The molecule has 18 heavy (non-hydrogen) atoms. The highest BCUT2D eigenvalue weighted by Crippen LogP contribution is 2.21. The highest BCUT2D eigenvalue weighted by atomic mass is 32.1. The monoisotopic (exact) mass is 267 g/mol. The molecule has 5 heteroatoms. The van der Waals surface area contributed by atoms with E-state index >= 15 is 0 Å². The van der Waals surface area contributed by atoms with E-state index in [0.717, 1.165) is 5.56 Å². The summed E-state index contributed by atoms with van der Waals surface area (Å²) >= 11 is 4.90. The first-order chi connectivity index (χ1) is 8.45. The van der Waals surface area contributed by atoms with Crippen LogP contribution in [0.2, 0.25) is 0 Å². The van der Waals surface area contributed by atoms with Crippen LogP contribution in [0.4, 0.5) is 0 Å². The quantitative estimate of drug-likeness (QED) is 0.652. The number of hydrogen-bond acceptors (Lipinski definition) is 4. The van der Waals surface area contributed by atoms with Gasteiger partial charge in [0.15, 0.2) is 6.10 Å². The number of nitrogens with two attached hydrogens (primary N) is 1. The number of ether oxygens (including phenoxy) is 2. The van der Waals surface area contributed by atoms with Gasteiger partial charge >= 0.3 is 5.97 Å². The maximum absolute atomic E-state index is 11.5. The van der Waals surface area contributed by atoms with Crippen LogP contribution in [0.15, 0.2) is 18.2 Å². The molecule has 1 unspecified atom stereocenters. The van der Waals surface area contributed by atoms with E-state index in [1.807, 2.05) is 19.1 Å². The third kappa shape index (κ3) is 3.70. The summed E-state index contributed by atoms with van der Waals surface area (Å²) in [5.74, 6) is 0.193. The van der Waals surface area contributed by atoms with Crippen molar-refractivity contribution >= 4 is 23.2 Å². The Morgan fingerprint density at radius 1 is 1.50 bits per heavy atom. The molecule has 1 aromatic rings. The number of carbonyl (C=O) groups is 1. The molecule has 0 amide bonds. The van der Waals surface area contributed by atoms with Gasteiger partial charge in [-0.25, -0.2) is 4.79 Å². The Morgan fingerprint density at radius 3 is 2.72 bits per heavy atom. The molecule has 0 bridgehead atoms. The van der Waals surface area contributed by atoms with Crippen LogP contribution in [0.1, 0.15) is 25.0 Å². The molecule has 0 heterocycles. The average molecular weight is 267 g/mol. The lowest BCUT2D eigenvalue weighted by atomic mass is 10.1. The van der Waals surface area contributed by atoms with Gasteiger partial charge in [-0.2, -0.15) is 0 Å². The van der Waals surface area contributed by atoms with Gasteiger partial charge in [0.25, 0.3) is 0 Å². The Labute approximate surface area is 112 Å². The summed E-state index contributed by atoms with van der Waals surface area (Å²) in [6.07, 6.45) is -0.662. The molecular weight excluding hydrogens is 250 g/mol. The zero-order chi connectivity index (χ0) is 13.7. The van der Waals surface area contributed by atoms with E-state index in [0.29, 0.717) is 22.9 Å². The fourth-order valence-corrected chi connectivity index (χ4v) is 1.51. The van der Waals surface area contributed by atoms with Crippen molar-refractivity contribution in [3.63, 3.8) is 0 Å². The summed E-state index contributed by atoms with van der Waals surface area (Å²) in [5, 5.41) is 0. The normalized spacial score (nSPS) is 11.7. The van der Waals surface area contributed by atoms with Gasteiger partial charge in [0.1, 0.15) is 10.7 Å². The summed E-state index contributed by atoms with van der Waals surface area (Å²) in [4.78, 5) is 11.8. The van der Waals surface area contributed by atoms with Crippen LogP contribution in [0, 0.1) is 6.92 Å². The fourth-order valence-electron chi connectivity index (χ4n) is 1.38. The number of thiocarbonyl (C=S) groups is 1. The Morgan fingerprint density at radius 2 is 2.17 bits per heavy atom. The molecule has 0 aromatic heterocycles. The predicted molar refractivity (Wildman–Crippen MR) is 73.8 cm³/mol. The maximum atomic E-state index is 11.5. The van der Waals surface area contributed by atoms with Crippen molar-refractivity contribution < 1.29 is 14.3 Å². The van der Waals surface area contributed by atoms with Crippen LogP contribution in [-0.4, -0.2) is 23.7 Å². The van der Waals surface area contributed by atoms with Crippen molar-refractivity contribution in [1.82, 2.24) is 0 Å². The van der Waals surface area contributed by atoms with E-state index in [2.05, 4.69) is 0 Å². The number of rotatable bonds is 5. The first-order valence-electron chi connectivity index (χ1n) is 5.69. The molecule has 0 radical (unpaired) electrons. The second kappa shape index (κ2) is 6.35. The minimum atomic E-state index is -0.662. The summed E-state index contributed by atoms with van der Waals surface area (Å²) < 4.78 is 10.4. The molecule has 98 valence electrons. The predicted octanol–water partition coefficient (Wildman–Crippen LogP) is 1.96. The zero-order valence-corrected chi connectivity index (χ0v) is 11.5. The summed E-state index contributed by atoms with van der Waals surface area (Å²) in [6, 6.07) is 5.40. The average Bonchev–Trinajstić information content (AvgIpc) is 2.31. The highest BCUT2D eigenvalue weighted by Gasteiger charge is 2.17. The molecular formula is C13H17NO3S. The van der Waals surface area contributed by atoms with E-state index in [9.17, 15) is 4.79 Å². The summed E-state index contributed by atoms with van der Waals surface area (Å²) in [5.41, 5.74) is 7.17. The van der Waals surface area contributed by atoms with E-state index in [1.54, 1.807) is 19.9 Å². The lowest BCUT2D eigenvalue weighted by Gasteiger charge is -2.15. The van der Waals surface area contributed by atoms with Gasteiger partial charge in [0.05, 0.1) is 6.61 Å². The molecule has 0 spiro atoms. The number of carbonyl (C=O) groups excluding carboxylic acids is 1. The topological polar surface area (TPSA) is 61.5 Å². The largest absolute Gasteiger partial charge is 0.479 e. The molecule has 0 saturated carbocycles. The lowest BCUT2D eigenvalue weighted by Crippen LogP contribution is -2.26. The molecule has 1 aromatic carbocycles. The van der Waals surface area contributed by atoms with E-state index in [1.165, 1.54) is 0 Å². The van der Waals surface area contributed by atoms with E-state index in [4.69, 9.17) is 27.4 Å². The van der Waals surface area contributed by atoms with Crippen molar-refractivity contribution in [2.24, 2.45) is 5.73 Å². The molecule has 0 aliphatic carbocycles. The fraction of sp³-hybridized carbons (Fsp3) is 0.385. The van der Waals surface area contributed by atoms with Gasteiger partial charge in [-0.1, -0.05) is 24.4 Å². The maximum Gasteiger partial charge on any atom is 0.347 e. The standard InChI is InChI=1S/C13H17NO3S/c1-4-16-13(15)9(3)17-11-7-10(12(14)18)6-5-8(11)2/h5-7,9H,4H2,1-3H3,(H2,14,18). The Bertz CT molecular complexity index is 460. The first kappa shape index (κ1) is 14.4. The van der Waals surface area contributed by atoms with Crippen molar-refractivity contribution in [2.45, 2.75) is 26.9 Å². The first-order valence-corrected chi connectivity index (χ1v) is 6.10. The third-order valence-corrected chi connectivity index (χ3v) is 2.63. The van der Waals surface area contributed by atoms with E-state index in [-0.39, 0.29) is 0 Å². The van der Waals surface area contributed by atoms with Gasteiger partial charge in [-0.05, 0) is 32.4 Å². The van der Waals surface area contributed by atoms with Crippen molar-refractivity contribution in [2.75, 3.05) is 6.61 Å². The smallest absolute Gasteiger partial charge is 0.347 e. The van der Waals surface area contributed by atoms with Crippen LogP contribution in [0.25, 0.3) is 0 Å². The molecule has 0 fully saturated rings. The number of aryl methyl sites for hydroxylation is 1. The lowest BCUT2D eigenvalue weighted by molar-refractivity contribution is -0.150. The summed E-state index contributed by atoms with van der Waals surface area (Å²) in [7, 11) is 0. The zero-order valence-electron chi connectivity index (χ0n) is 10.7. The number of esters is 1. The van der Waals surface area contributed by atoms with Gasteiger partial charge < -0.3 is 15.2 Å². The second-order valence-electron chi connectivity index (χ2n) is 3.86. The minimum Gasteiger partial charge on any atom is -0.479 e. The van der Waals surface area contributed by atoms with Gasteiger partial charge in [-0.3, -0.25) is 0 Å². The Kier molecular flexibility index (Phi) is 5.09. The molecule has 2 N–H and O–H groups in total. The van der Waals surface area contributed by atoms with E-state index < -0.39 is 12.1 Å². The van der Waals surface area contributed by atoms with Crippen LogP contribution < -0.4 is 10.5 Å². The Hall–Kier alpha value is -1.62. The van der Waals surface area contributed by atoms with Gasteiger partial charge in [0.2, 0.25) is 0 Å². The van der Waals surface area contributed by atoms with Gasteiger partial charge in [-0.15, -0.1) is 0 Å².